The van der Waals surface area contributed by atoms with E-state index in [0.717, 1.165) is 10.0 Å². The van der Waals surface area contributed by atoms with Crippen LogP contribution >= 0.6 is 15.9 Å². The van der Waals surface area contributed by atoms with Crippen LogP contribution in [0, 0.1) is 0 Å². The third-order valence-electron chi connectivity index (χ3n) is 2.22. The number of halogens is 1. The van der Waals surface area contributed by atoms with E-state index in [2.05, 4.69) is 27.8 Å². The largest absolute Gasteiger partial charge is 0.387 e. The van der Waals surface area contributed by atoms with Crippen LogP contribution in [0.25, 0.3) is 0 Å². The van der Waals surface area contributed by atoms with Gasteiger partial charge in [0, 0.05) is 17.1 Å². The fourth-order valence-corrected chi connectivity index (χ4v) is 1.63. The third-order valence-corrected chi connectivity index (χ3v) is 2.71. The Morgan fingerprint density at radius 1 is 1.60 bits per heavy atom. The van der Waals surface area contributed by atoms with Crippen molar-refractivity contribution in [1.82, 2.24) is 5.32 Å². The van der Waals surface area contributed by atoms with E-state index < -0.39 is 6.10 Å². The molecule has 0 aliphatic rings. The predicted octanol–water partition coefficient (Wildman–Crippen LogP) is 2.65. The van der Waals surface area contributed by atoms with Crippen LogP contribution in [-0.4, -0.2) is 17.7 Å². The second-order valence-corrected chi connectivity index (χ2v) is 4.42. The molecule has 0 bridgehead atoms. The molecule has 2 atom stereocenters. The van der Waals surface area contributed by atoms with E-state index in [4.69, 9.17) is 0 Å². The third kappa shape index (κ3) is 4.16. The van der Waals surface area contributed by atoms with Gasteiger partial charge in [0.1, 0.15) is 0 Å². The smallest absolute Gasteiger partial charge is 0.0914 e. The Bertz CT molecular complexity index is 327. The first kappa shape index (κ1) is 12.4. The van der Waals surface area contributed by atoms with Gasteiger partial charge in [-0.15, -0.1) is 6.58 Å². The summed E-state index contributed by atoms with van der Waals surface area (Å²) in [5.41, 5.74) is 0.910. The molecule has 0 radical (unpaired) electrons. The van der Waals surface area contributed by atoms with Crippen LogP contribution < -0.4 is 5.32 Å². The fourth-order valence-electron chi connectivity index (χ4n) is 1.21. The maximum atomic E-state index is 9.87. The second kappa shape index (κ2) is 6.05. The van der Waals surface area contributed by atoms with Crippen LogP contribution in [0.3, 0.4) is 0 Å². The molecule has 2 nitrogen and oxygen atoms in total. The number of rotatable bonds is 5. The molecule has 0 saturated heterocycles. The van der Waals surface area contributed by atoms with Crippen LogP contribution in [0.1, 0.15) is 18.6 Å². The zero-order valence-electron chi connectivity index (χ0n) is 8.78. The summed E-state index contributed by atoms with van der Waals surface area (Å²) in [6.45, 7) is 6.21. The standard InChI is InChI=1S/C12H16BrNO/c1-3-9(2)14-8-12(15)10-5-4-6-11(13)7-10/h3-7,9,12,14-15H,1,8H2,2H3. The predicted molar refractivity (Wildman–Crippen MR) is 66.8 cm³/mol. The first-order valence-corrected chi connectivity index (χ1v) is 5.72. The van der Waals surface area contributed by atoms with Crippen molar-refractivity contribution in [3.8, 4) is 0 Å². The molecule has 0 aliphatic heterocycles. The van der Waals surface area contributed by atoms with E-state index in [1.807, 2.05) is 37.3 Å². The molecule has 0 amide bonds. The fraction of sp³-hybridized carbons (Fsp3) is 0.333. The van der Waals surface area contributed by atoms with Gasteiger partial charge in [-0.2, -0.15) is 0 Å². The zero-order valence-corrected chi connectivity index (χ0v) is 10.4. The van der Waals surface area contributed by atoms with E-state index in [1.54, 1.807) is 0 Å². The molecule has 0 aromatic heterocycles. The van der Waals surface area contributed by atoms with Crippen molar-refractivity contribution in [3.63, 3.8) is 0 Å². The average Bonchev–Trinajstić information content (AvgIpc) is 2.25. The molecule has 3 heteroatoms. The van der Waals surface area contributed by atoms with Gasteiger partial charge in [-0.25, -0.2) is 0 Å². The summed E-state index contributed by atoms with van der Waals surface area (Å²) in [6.07, 6.45) is 1.33. The van der Waals surface area contributed by atoms with Crippen molar-refractivity contribution in [2.24, 2.45) is 0 Å². The van der Waals surface area contributed by atoms with E-state index >= 15 is 0 Å². The number of nitrogens with one attached hydrogen (secondary N) is 1. The number of aliphatic hydroxyl groups is 1. The van der Waals surface area contributed by atoms with Crippen LogP contribution in [0.2, 0.25) is 0 Å². The highest BCUT2D eigenvalue weighted by Gasteiger charge is 2.07. The monoisotopic (exact) mass is 269 g/mol. The Morgan fingerprint density at radius 3 is 2.93 bits per heavy atom. The van der Waals surface area contributed by atoms with E-state index in [-0.39, 0.29) is 6.04 Å². The van der Waals surface area contributed by atoms with Gasteiger partial charge >= 0.3 is 0 Å². The van der Waals surface area contributed by atoms with E-state index in [9.17, 15) is 5.11 Å². The highest BCUT2D eigenvalue weighted by atomic mass is 79.9. The summed E-state index contributed by atoms with van der Waals surface area (Å²) >= 11 is 3.38. The molecule has 0 spiro atoms. The van der Waals surface area contributed by atoms with Crippen molar-refractivity contribution < 1.29 is 5.11 Å². The van der Waals surface area contributed by atoms with Gasteiger partial charge in [-0.05, 0) is 24.6 Å². The molecule has 2 N–H and O–H groups in total. The highest BCUT2D eigenvalue weighted by Crippen LogP contribution is 2.17. The highest BCUT2D eigenvalue weighted by molar-refractivity contribution is 9.10. The van der Waals surface area contributed by atoms with E-state index in [1.165, 1.54) is 0 Å². The SMILES string of the molecule is C=CC(C)NCC(O)c1cccc(Br)c1. The Labute approximate surface area is 99.1 Å². The van der Waals surface area contributed by atoms with Crippen LogP contribution in [-0.2, 0) is 0 Å². The molecule has 0 fully saturated rings. The molecule has 0 heterocycles. The molecule has 82 valence electrons. The maximum Gasteiger partial charge on any atom is 0.0914 e. The lowest BCUT2D eigenvalue weighted by Gasteiger charge is -2.14. The normalized spacial score (nSPS) is 14.6. The second-order valence-electron chi connectivity index (χ2n) is 3.50. The Hall–Kier alpha value is -0.640. The molecular weight excluding hydrogens is 254 g/mol. The summed E-state index contributed by atoms with van der Waals surface area (Å²) < 4.78 is 0.982. The maximum absolute atomic E-state index is 9.87. The minimum Gasteiger partial charge on any atom is -0.387 e. The van der Waals surface area contributed by atoms with Crippen molar-refractivity contribution in [3.05, 3.63) is 47.0 Å². The van der Waals surface area contributed by atoms with Gasteiger partial charge < -0.3 is 10.4 Å². The quantitative estimate of drug-likeness (QED) is 0.806. The van der Waals surface area contributed by atoms with Crippen molar-refractivity contribution >= 4 is 15.9 Å². The van der Waals surface area contributed by atoms with E-state index in [0.29, 0.717) is 6.54 Å². The van der Waals surface area contributed by atoms with Crippen molar-refractivity contribution in [2.75, 3.05) is 6.54 Å². The average molecular weight is 270 g/mol. The Morgan fingerprint density at radius 2 is 2.33 bits per heavy atom. The molecule has 1 aromatic carbocycles. The first-order chi connectivity index (χ1) is 7.13. The lowest BCUT2D eigenvalue weighted by atomic mass is 10.1. The van der Waals surface area contributed by atoms with Gasteiger partial charge in [0.15, 0.2) is 0 Å². The molecule has 0 aliphatic carbocycles. The number of hydrogen-bond acceptors (Lipinski definition) is 2. The Kier molecular flexibility index (Phi) is 5.02. The zero-order chi connectivity index (χ0) is 11.3. The molecular formula is C12H16BrNO. The van der Waals surface area contributed by atoms with Gasteiger partial charge in [0.2, 0.25) is 0 Å². The number of benzene rings is 1. The van der Waals surface area contributed by atoms with Crippen molar-refractivity contribution in [2.45, 2.75) is 19.1 Å². The lowest BCUT2D eigenvalue weighted by molar-refractivity contribution is 0.173. The minimum atomic E-state index is -0.482. The van der Waals surface area contributed by atoms with Crippen molar-refractivity contribution in [1.29, 1.82) is 0 Å². The van der Waals surface area contributed by atoms with Crippen LogP contribution in [0.4, 0.5) is 0 Å². The van der Waals surface area contributed by atoms with Crippen LogP contribution in [0.15, 0.2) is 41.4 Å². The summed E-state index contributed by atoms with van der Waals surface area (Å²) in [5, 5.41) is 13.0. The molecule has 1 aromatic rings. The molecule has 2 unspecified atom stereocenters. The summed E-state index contributed by atoms with van der Waals surface area (Å²) in [5.74, 6) is 0. The molecule has 15 heavy (non-hydrogen) atoms. The summed E-state index contributed by atoms with van der Waals surface area (Å²) in [4.78, 5) is 0. The number of aliphatic hydroxyl groups excluding tert-OH is 1. The lowest BCUT2D eigenvalue weighted by Crippen LogP contribution is -2.28. The summed E-state index contributed by atoms with van der Waals surface area (Å²) in [7, 11) is 0. The van der Waals surface area contributed by atoms with Gasteiger partial charge in [-0.1, -0.05) is 34.1 Å². The summed E-state index contributed by atoms with van der Waals surface area (Å²) in [6, 6.07) is 7.91. The first-order valence-electron chi connectivity index (χ1n) is 4.93. The number of hydrogen-bond donors (Lipinski definition) is 2. The topological polar surface area (TPSA) is 32.3 Å². The van der Waals surface area contributed by atoms with Crippen LogP contribution in [0.5, 0.6) is 0 Å². The van der Waals surface area contributed by atoms with Gasteiger partial charge in [0.25, 0.3) is 0 Å². The minimum absolute atomic E-state index is 0.215. The Balaban J connectivity index is 2.53. The van der Waals surface area contributed by atoms with Gasteiger partial charge in [-0.3, -0.25) is 0 Å². The van der Waals surface area contributed by atoms with Gasteiger partial charge in [0.05, 0.1) is 6.10 Å². The molecule has 0 saturated carbocycles. The molecule has 1 rings (SSSR count).